The van der Waals surface area contributed by atoms with Crippen LogP contribution in [-0.4, -0.2) is 79.1 Å². The highest BCUT2D eigenvalue weighted by molar-refractivity contribution is 5.73. The lowest BCUT2D eigenvalue weighted by Crippen LogP contribution is -2.52. The number of carbonyl (C=O) groups excluding carboxylic acids is 1. The van der Waals surface area contributed by atoms with E-state index < -0.39 is 0 Å². The Hall–Kier alpha value is -0.810. The molecule has 3 rings (SSSR count). The number of carbonyl (C=O) groups is 1. The third kappa shape index (κ3) is 3.69. The number of amides is 2. The molecule has 0 aromatic heterocycles. The van der Waals surface area contributed by atoms with Gasteiger partial charge in [-0.3, -0.25) is 4.90 Å². The first kappa shape index (κ1) is 15.1. The predicted molar refractivity (Wildman–Crippen MR) is 84.4 cm³/mol. The van der Waals surface area contributed by atoms with E-state index in [9.17, 15) is 4.79 Å². The summed E-state index contributed by atoms with van der Waals surface area (Å²) >= 11 is 0. The quantitative estimate of drug-likeness (QED) is 0.850. The largest absolute Gasteiger partial charge is 0.331 e. The number of hydrogen-bond acceptors (Lipinski definition) is 3. The number of rotatable bonds is 4. The zero-order valence-electron chi connectivity index (χ0n) is 13.6. The van der Waals surface area contributed by atoms with Crippen LogP contribution >= 0.6 is 0 Å². The van der Waals surface area contributed by atoms with E-state index in [1.165, 1.54) is 38.8 Å². The zero-order chi connectivity index (χ0) is 14.8. The minimum absolute atomic E-state index is 0.170. The van der Waals surface area contributed by atoms with Crippen molar-refractivity contribution in [1.82, 2.24) is 20.0 Å². The van der Waals surface area contributed by atoms with Crippen LogP contribution in [0.5, 0.6) is 0 Å². The lowest BCUT2D eigenvalue weighted by Gasteiger charge is -2.40. The summed E-state index contributed by atoms with van der Waals surface area (Å²) in [6, 6.07) is 2.38. The number of likely N-dealkylation sites (tertiary alicyclic amines) is 1. The monoisotopic (exact) mass is 294 g/mol. The van der Waals surface area contributed by atoms with Gasteiger partial charge in [0.05, 0.1) is 0 Å². The molecule has 2 amide bonds. The molecule has 0 spiro atoms. The fraction of sp³-hybridized carbons (Fsp3) is 0.938. The molecule has 1 atom stereocenters. The summed E-state index contributed by atoms with van der Waals surface area (Å²) in [6.07, 6.45) is 7.71. The maximum atomic E-state index is 12.0. The second-order valence-electron chi connectivity index (χ2n) is 7.12. The Balaban J connectivity index is 1.52. The van der Waals surface area contributed by atoms with Crippen LogP contribution in [0.25, 0.3) is 0 Å². The van der Waals surface area contributed by atoms with Crippen LogP contribution in [0, 0.1) is 0 Å². The van der Waals surface area contributed by atoms with Gasteiger partial charge in [-0.15, -0.1) is 0 Å². The minimum atomic E-state index is 0.170. The number of piperidine rings is 1. The molecule has 2 saturated heterocycles. The molecule has 2 heterocycles. The van der Waals surface area contributed by atoms with Crippen molar-refractivity contribution >= 4 is 6.03 Å². The SMILES string of the molecule is CN(C)C(=O)N1CCC(N(CC2CCCN2)C2CC2)CC1. The van der Waals surface area contributed by atoms with Gasteiger partial charge in [0.25, 0.3) is 0 Å². The molecule has 5 nitrogen and oxygen atoms in total. The summed E-state index contributed by atoms with van der Waals surface area (Å²) in [5.41, 5.74) is 0. The topological polar surface area (TPSA) is 38.8 Å². The summed E-state index contributed by atoms with van der Waals surface area (Å²) in [5, 5.41) is 3.64. The molecule has 5 heteroatoms. The minimum Gasteiger partial charge on any atom is -0.331 e. The molecule has 21 heavy (non-hydrogen) atoms. The highest BCUT2D eigenvalue weighted by Gasteiger charge is 2.37. The van der Waals surface area contributed by atoms with E-state index in [2.05, 4.69) is 10.2 Å². The number of hydrogen-bond donors (Lipinski definition) is 1. The van der Waals surface area contributed by atoms with Crippen molar-refractivity contribution in [2.45, 2.75) is 56.7 Å². The molecule has 3 aliphatic rings. The van der Waals surface area contributed by atoms with Gasteiger partial charge in [0, 0.05) is 51.9 Å². The van der Waals surface area contributed by atoms with E-state index in [4.69, 9.17) is 0 Å². The average molecular weight is 294 g/mol. The first-order valence-electron chi connectivity index (χ1n) is 8.60. The van der Waals surface area contributed by atoms with E-state index in [0.717, 1.165) is 32.0 Å². The molecule has 0 bridgehead atoms. The summed E-state index contributed by atoms with van der Waals surface area (Å²) in [6.45, 7) is 4.25. The Morgan fingerprint density at radius 3 is 2.29 bits per heavy atom. The maximum Gasteiger partial charge on any atom is 0.319 e. The second-order valence-corrected chi connectivity index (χ2v) is 7.12. The van der Waals surface area contributed by atoms with Crippen molar-refractivity contribution < 1.29 is 4.79 Å². The van der Waals surface area contributed by atoms with Gasteiger partial charge < -0.3 is 15.1 Å². The Kier molecular flexibility index (Phi) is 4.69. The Labute approximate surface area is 128 Å². The van der Waals surface area contributed by atoms with Gasteiger partial charge in [0.2, 0.25) is 0 Å². The molecule has 0 aromatic rings. The van der Waals surface area contributed by atoms with E-state index in [1.54, 1.807) is 4.90 Å². The van der Waals surface area contributed by atoms with Crippen molar-refractivity contribution in [3.05, 3.63) is 0 Å². The van der Waals surface area contributed by atoms with Crippen LogP contribution in [0.15, 0.2) is 0 Å². The summed E-state index contributed by atoms with van der Waals surface area (Å²) in [7, 11) is 3.69. The van der Waals surface area contributed by atoms with E-state index in [1.807, 2.05) is 19.0 Å². The van der Waals surface area contributed by atoms with E-state index in [-0.39, 0.29) is 6.03 Å². The van der Waals surface area contributed by atoms with Crippen molar-refractivity contribution in [2.75, 3.05) is 40.3 Å². The van der Waals surface area contributed by atoms with Gasteiger partial charge in [0.1, 0.15) is 0 Å². The van der Waals surface area contributed by atoms with Gasteiger partial charge in [-0.1, -0.05) is 0 Å². The molecule has 3 fully saturated rings. The number of nitrogens with one attached hydrogen (secondary N) is 1. The van der Waals surface area contributed by atoms with Crippen LogP contribution in [0.3, 0.4) is 0 Å². The van der Waals surface area contributed by atoms with Crippen LogP contribution in [0.1, 0.15) is 38.5 Å². The highest BCUT2D eigenvalue weighted by atomic mass is 16.2. The van der Waals surface area contributed by atoms with Crippen LogP contribution in [0.2, 0.25) is 0 Å². The lowest BCUT2D eigenvalue weighted by atomic mass is 10.0. The summed E-state index contributed by atoms with van der Waals surface area (Å²) in [5.74, 6) is 0. The average Bonchev–Trinajstić information content (AvgIpc) is 3.20. The van der Waals surface area contributed by atoms with Gasteiger partial charge in [-0.25, -0.2) is 4.79 Å². The molecule has 1 unspecified atom stereocenters. The van der Waals surface area contributed by atoms with E-state index >= 15 is 0 Å². The molecule has 0 radical (unpaired) electrons. The molecule has 1 aliphatic carbocycles. The maximum absolute atomic E-state index is 12.0. The van der Waals surface area contributed by atoms with Gasteiger partial charge in [-0.2, -0.15) is 0 Å². The smallest absolute Gasteiger partial charge is 0.319 e. The van der Waals surface area contributed by atoms with Crippen molar-refractivity contribution in [2.24, 2.45) is 0 Å². The van der Waals surface area contributed by atoms with Crippen LogP contribution in [-0.2, 0) is 0 Å². The normalized spacial score (nSPS) is 27.4. The van der Waals surface area contributed by atoms with Crippen LogP contribution in [0.4, 0.5) is 4.79 Å². The highest BCUT2D eigenvalue weighted by Crippen LogP contribution is 2.32. The standard InChI is InChI=1S/C16H30N4O/c1-18(2)16(21)19-10-7-15(8-11-19)20(14-5-6-14)12-13-4-3-9-17-13/h13-15,17H,3-12H2,1-2H3. The summed E-state index contributed by atoms with van der Waals surface area (Å²) in [4.78, 5) is 18.5. The Morgan fingerprint density at radius 1 is 1.10 bits per heavy atom. The molecule has 120 valence electrons. The molecular weight excluding hydrogens is 264 g/mol. The fourth-order valence-corrected chi connectivity index (χ4v) is 3.84. The van der Waals surface area contributed by atoms with Gasteiger partial charge >= 0.3 is 6.03 Å². The Bertz CT molecular complexity index is 355. The molecule has 2 aliphatic heterocycles. The summed E-state index contributed by atoms with van der Waals surface area (Å²) < 4.78 is 0. The number of urea groups is 1. The van der Waals surface area contributed by atoms with Crippen LogP contribution < -0.4 is 5.32 Å². The molecule has 1 N–H and O–H groups in total. The third-order valence-corrected chi connectivity index (χ3v) is 5.20. The lowest BCUT2D eigenvalue weighted by molar-refractivity contribution is 0.0963. The van der Waals surface area contributed by atoms with Crippen molar-refractivity contribution in [3.8, 4) is 0 Å². The first-order chi connectivity index (χ1) is 10.1. The van der Waals surface area contributed by atoms with E-state index in [0.29, 0.717) is 12.1 Å². The second kappa shape index (κ2) is 6.53. The van der Waals surface area contributed by atoms with Crippen molar-refractivity contribution in [1.29, 1.82) is 0 Å². The van der Waals surface area contributed by atoms with Crippen molar-refractivity contribution in [3.63, 3.8) is 0 Å². The zero-order valence-corrected chi connectivity index (χ0v) is 13.6. The number of nitrogens with zero attached hydrogens (tertiary/aromatic N) is 3. The molecular formula is C16H30N4O. The third-order valence-electron chi connectivity index (χ3n) is 5.20. The molecule has 1 saturated carbocycles. The van der Waals surface area contributed by atoms with Gasteiger partial charge in [-0.05, 0) is 45.1 Å². The fourth-order valence-electron chi connectivity index (χ4n) is 3.84. The van der Waals surface area contributed by atoms with Gasteiger partial charge in [0.15, 0.2) is 0 Å². The first-order valence-corrected chi connectivity index (χ1v) is 8.60. The molecule has 0 aromatic carbocycles. The Morgan fingerprint density at radius 2 is 1.76 bits per heavy atom. The predicted octanol–water partition coefficient (Wildman–Crippen LogP) is 1.35.